The number of nitrogens with zero attached hydrogens (tertiary/aromatic N) is 1. The zero-order valence-electron chi connectivity index (χ0n) is 15.0. The molecule has 0 radical (unpaired) electrons. The molecular weight excluding hydrogens is 390 g/mol. The van der Waals surface area contributed by atoms with Crippen molar-refractivity contribution in [1.29, 1.82) is 0 Å². The van der Waals surface area contributed by atoms with E-state index in [9.17, 15) is 22.0 Å². The summed E-state index contributed by atoms with van der Waals surface area (Å²) >= 11 is 0. The number of alkyl halides is 2. The molecule has 28 heavy (non-hydrogen) atoms. The van der Waals surface area contributed by atoms with Gasteiger partial charge in [0.1, 0.15) is 5.75 Å². The molecule has 0 atom stereocenters. The van der Waals surface area contributed by atoms with Crippen molar-refractivity contribution in [2.45, 2.75) is 30.8 Å². The smallest absolute Gasteiger partial charge is 0.387 e. The number of carbonyl (C=O) groups excluding carboxylic acids is 1. The van der Waals surface area contributed by atoms with Crippen molar-refractivity contribution in [3.05, 3.63) is 54.1 Å². The minimum absolute atomic E-state index is 0.0545. The Morgan fingerprint density at radius 3 is 2.36 bits per heavy atom. The van der Waals surface area contributed by atoms with E-state index in [1.807, 2.05) is 0 Å². The summed E-state index contributed by atoms with van der Waals surface area (Å²) in [5.74, 6) is -0.544. The van der Waals surface area contributed by atoms with Crippen LogP contribution in [-0.2, 0) is 10.0 Å². The highest BCUT2D eigenvalue weighted by Gasteiger charge is 2.26. The van der Waals surface area contributed by atoms with Gasteiger partial charge in [-0.3, -0.25) is 4.79 Å². The normalized spacial score (nSPS) is 15.4. The maximum absolute atomic E-state index is 12.8. The molecule has 0 aromatic heterocycles. The van der Waals surface area contributed by atoms with E-state index in [1.54, 1.807) is 12.1 Å². The van der Waals surface area contributed by atoms with E-state index in [4.69, 9.17) is 0 Å². The van der Waals surface area contributed by atoms with Crippen LogP contribution < -0.4 is 10.1 Å². The van der Waals surface area contributed by atoms with Gasteiger partial charge in [0, 0.05) is 24.3 Å². The molecule has 1 aliphatic heterocycles. The van der Waals surface area contributed by atoms with Crippen molar-refractivity contribution in [3.8, 4) is 5.75 Å². The Morgan fingerprint density at radius 1 is 1.04 bits per heavy atom. The van der Waals surface area contributed by atoms with Gasteiger partial charge in [-0.1, -0.05) is 12.5 Å². The molecule has 0 bridgehead atoms. The number of anilines is 1. The largest absolute Gasteiger partial charge is 0.435 e. The first-order valence-corrected chi connectivity index (χ1v) is 10.3. The van der Waals surface area contributed by atoms with E-state index in [0.29, 0.717) is 18.8 Å². The van der Waals surface area contributed by atoms with Gasteiger partial charge < -0.3 is 10.1 Å². The van der Waals surface area contributed by atoms with Crippen molar-refractivity contribution < 1.29 is 26.7 Å². The van der Waals surface area contributed by atoms with E-state index in [2.05, 4.69) is 10.1 Å². The summed E-state index contributed by atoms with van der Waals surface area (Å²) in [5, 5.41) is 2.62. The monoisotopic (exact) mass is 410 g/mol. The standard InChI is InChI=1S/C19H20F2N2O4S/c20-19(21)27-16-9-7-14(8-10-16)18(24)22-15-5-4-6-17(13-15)28(25,26)23-11-2-1-3-12-23/h4-10,13,19H,1-3,11-12H2,(H,22,24). The summed E-state index contributed by atoms with van der Waals surface area (Å²) in [6.45, 7) is -1.96. The second kappa shape index (κ2) is 8.66. The Kier molecular flexibility index (Phi) is 6.25. The molecule has 1 fully saturated rings. The van der Waals surface area contributed by atoms with E-state index >= 15 is 0 Å². The minimum atomic E-state index is -3.61. The lowest BCUT2D eigenvalue weighted by Gasteiger charge is -2.26. The van der Waals surface area contributed by atoms with Gasteiger partial charge in [0.2, 0.25) is 10.0 Å². The fourth-order valence-electron chi connectivity index (χ4n) is 2.98. The van der Waals surface area contributed by atoms with E-state index in [-0.39, 0.29) is 16.2 Å². The molecule has 9 heteroatoms. The molecule has 0 aliphatic carbocycles. The fourth-order valence-corrected chi connectivity index (χ4v) is 4.54. The van der Waals surface area contributed by atoms with Crippen LogP contribution in [0.4, 0.5) is 14.5 Å². The van der Waals surface area contributed by atoms with Crippen molar-refractivity contribution in [3.63, 3.8) is 0 Å². The summed E-state index contributed by atoms with van der Waals surface area (Å²) in [6.07, 6.45) is 2.69. The highest BCUT2D eigenvalue weighted by molar-refractivity contribution is 7.89. The maximum atomic E-state index is 12.8. The van der Waals surface area contributed by atoms with Gasteiger partial charge in [-0.25, -0.2) is 8.42 Å². The van der Waals surface area contributed by atoms with Gasteiger partial charge in [0.05, 0.1) is 4.90 Å². The molecule has 1 saturated heterocycles. The van der Waals surface area contributed by atoms with Gasteiger partial charge in [0.15, 0.2) is 0 Å². The number of hydrogen-bond donors (Lipinski definition) is 1. The Labute approximate surface area is 162 Å². The van der Waals surface area contributed by atoms with Gasteiger partial charge in [-0.2, -0.15) is 13.1 Å². The third kappa shape index (κ3) is 4.85. The zero-order chi connectivity index (χ0) is 20.1. The van der Waals surface area contributed by atoms with E-state index in [1.165, 1.54) is 40.7 Å². The summed E-state index contributed by atoms with van der Waals surface area (Å²) < 4.78 is 55.6. The van der Waals surface area contributed by atoms with Gasteiger partial charge in [0.25, 0.3) is 5.91 Å². The first-order chi connectivity index (χ1) is 13.4. The second-order valence-corrected chi connectivity index (χ2v) is 8.29. The fraction of sp³-hybridized carbons (Fsp3) is 0.316. The summed E-state index contributed by atoms with van der Waals surface area (Å²) in [5.41, 5.74) is 0.557. The Balaban J connectivity index is 1.72. The molecular formula is C19H20F2N2O4S. The number of hydrogen-bond acceptors (Lipinski definition) is 4. The van der Waals surface area contributed by atoms with Crippen molar-refractivity contribution >= 4 is 21.6 Å². The number of carbonyl (C=O) groups is 1. The number of ether oxygens (including phenoxy) is 1. The lowest BCUT2D eigenvalue weighted by molar-refractivity contribution is -0.0498. The molecule has 2 aromatic rings. The lowest BCUT2D eigenvalue weighted by atomic mass is 10.2. The van der Waals surface area contributed by atoms with Gasteiger partial charge >= 0.3 is 6.61 Å². The van der Waals surface area contributed by atoms with E-state index in [0.717, 1.165) is 19.3 Å². The average molecular weight is 410 g/mol. The second-order valence-electron chi connectivity index (χ2n) is 6.35. The summed E-state index contributed by atoms with van der Waals surface area (Å²) in [6, 6.07) is 11.3. The van der Waals surface area contributed by atoms with Crippen LogP contribution in [0, 0.1) is 0 Å². The van der Waals surface area contributed by atoms with Crippen molar-refractivity contribution in [1.82, 2.24) is 4.31 Å². The Hall–Kier alpha value is -2.52. The Bertz CT molecular complexity index is 927. The minimum Gasteiger partial charge on any atom is -0.435 e. The van der Waals surface area contributed by atoms with Crippen molar-refractivity contribution in [2.75, 3.05) is 18.4 Å². The quantitative estimate of drug-likeness (QED) is 0.788. The number of benzene rings is 2. The van der Waals surface area contributed by atoms with Crippen LogP contribution in [0.5, 0.6) is 5.75 Å². The zero-order valence-corrected chi connectivity index (χ0v) is 15.8. The lowest BCUT2D eigenvalue weighted by Crippen LogP contribution is -2.35. The predicted octanol–water partition coefficient (Wildman–Crippen LogP) is 3.71. The molecule has 1 amide bonds. The number of rotatable bonds is 6. The third-order valence-corrected chi connectivity index (χ3v) is 6.28. The number of sulfonamides is 1. The van der Waals surface area contributed by atoms with Crippen LogP contribution >= 0.6 is 0 Å². The molecule has 1 N–H and O–H groups in total. The highest BCUT2D eigenvalue weighted by Crippen LogP contribution is 2.23. The molecule has 3 rings (SSSR count). The topological polar surface area (TPSA) is 75.7 Å². The van der Waals surface area contributed by atoms with Crippen LogP contribution in [0.15, 0.2) is 53.4 Å². The third-order valence-electron chi connectivity index (χ3n) is 4.39. The molecule has 1 aliphatic rings. The number of amides is 1. The van der Waals surface area contributed by atoms with Gasteiger partial charge in [-0.15, -0.1) is 0 Å². The SMILES string of the molecule is O=C(Nc1cccc(S(=O)(=O)N2CCCCC2)c1)c1ccc(OC(F)F)cc1. The number of nitrogens with one attached hydrogen (secondary N) is 1. The number of halogens is 2. The summed E-state index contributed by atoms with van der Waals surface area (Å²) in [4.78, 5) is 12.5. The maximum Gasteiger partial charge on any atom is 0.387 e. The Morgan fingerprint density at radius 2 is 1.71 bits per heavy atom. The van der Waals surface area contributed by atoms with Gasteiger partial charge in [-0.05, 0) is 55.3 Å². The molecule has 150 valence electrons. The van der Waals surface area contributed by atoms with E-state index < -0.39 is 22.5 Å². The van der Waals surface area contributed by atoms with Crippen LogP contribution in [0.3, 0.4) is 0 Å². The first-order valence-electron chi connectivity index (χ1n) is 8.83. The average Bonchev–Trinajstić information content (AvgIpc) is 2.69. The highest BCUT2D eigenvalue weighted by atomic mass is 32.2. The van der Waals surface area contributed by atoms with Crippen molar-refractivity contribution in [2.24, 2.45) is 0 Å². The molecule has 0 spiro atoms. The first kappa shape index (κ1) is 20.2. The predicted molar refractivity (Wildman–Crippen MR) is 100 cm³/mol. The number of piperidine rings is 1. The molecule has 6 nitrogen and oxygen atoms in total. The van der Waals surface area contributed by atoms with Crippen LogP contribution in [-0.4, -0.2) is 38.3 Å². The molecule has 0 unspecified atom stereocenters. The van der Waals surface area contributed by atoms with Crippen LogP contribution in [0.1, 0.15) is 29.6 Å². The molecule has 2 aromatic carbocycles. The van der Waals surface area contributed by atoms with Crippen LogP contribution in [0.2, 0.25) is 0 Å². The summed E-state index contributed by atoms with van der Waals surface area (Å²) in [7, 11) is -3.61. The molecule has 0 saturated carbocycles. The molecule has 1 heterocycles. The van der Waals surface area contributed by atoms with Crippen LogP contribution in [0.25, 0.3) is 0 Å².